The van der Waals surface area contributed by atoms with Gasteiger partial charge in [-0.05, 0) is 37.6 Å². The summed E-state index contributed by atoms with van der Waals surface area (Å²) < 4.78 is 11.5. The van der Waals surface area contributed by atoms with Crippen LogP contribution >= 0.6 is 0 Å². The first-order valence-corrected chi connectivity index (χ1v) is 11.4. The van der Waals surface area contributed by atoms with Crippen molar-refractivity contribution in [2.75, 3.05) is 13.2 Å². The fraction of sp³-hybridized carbons (Fsp3) is 0.400. The number of carbonyl (C=O) groups excluding carboxylic acids is 2. The summed E-state index contributed by atoms with van der Waals surface area (Å²) in [5, 5.41) is 3.12. The van der Waals surface area contributed by atoms with Crippen LogP contribution in [0.15, 0.2) is 47.5 Å². The van der Waals surface area contributed by atoms with E-state index in [1.54, 1.807) is 18.2 Å². The molecule has 2 aliphatic heterocycles. The number of hydrogen-bond donors (Lipinski definition) is 2. The highest BCUT2D eigenvalue weighted by molar-refractivity contribution is 5.98. The van der Waals surface area contributed by atoms with E-state index in [0.29, 0.717) is 42.9 Å². The molecule has 2 unspecified atom stereocenters. The first kappa shape index (κ1) is 22.6. The molecule has 2 heterocycles. The van der Waals surface area contributed by atoms with Crippen LogP contribution in [0, 0.1) is 0 Å². The molecule has 0 saturated carbocycles. The van der Waals surface area contributed by atoms with E-state index in [4.69, 9.17) is 15.2 Å². The van der Waals surface area contributed by atoms with Gasteiger partial charge in [-0.15, -0.1) is 0 Å². The third kappa shape index (κ3) is 4.94. The number of nitrogens with zero attached hydrogens (tertiary/aromatic N) is 2. The minimum Gasteiger partial charge on any atom is -0.494 e. The summed E-state index contributed by atoms with van der Waals surface area (Å²) in [5.74, 6) is 1.34. The van der Waals surface area contributed by atoms with E-state index in [-0.39, 0.29) is 36.4 Å². The zero-order valence-electron chi connectivity index (χ0n) is 19.0. The Balaban J connectivity index is 1.56. The van der Waals surface area contributed by atoms with Gasteiger partial charge in [-0.3, -0.25) is 14.5 Å². The molecule has 0 fully saturated rings. The highest BCUT2D eigenvalue weighted by Gasteiger charge is 2.28. The molecule has 2 amide bonds. The standard InChI is InChI=1S/C25H30N4O4/c1-3-18-14-23(30)29(25(26)27-18)15-17-13-16(9-10-21(17)32-4-2)24(31)28-20-11-12-33-22-8-6-5-7-19(20)22/h5-10,13,18,20H,3-4,11-12,14-15H2,1-2H3,(H2,26,27)(H,28,31). The summed E-state index contributed by atoms with van der Waals surface area (Å²) in [6.07, 6.45) is 1.78. The zero-order chi connectivity index (χ0) is 23.4. The van der Waals surface area contributed by atoms with Crippen LogP contribution in [0.25, 0.3) is 0 Å². The molecule has 2 aromatic rings. The third-order valence-corrected chi connectivity index (χ3v) is 5.99. The summed E-state index contributed by atoms with van der Waals surface area (Å²) >= 11 is 0. The molecule has 8 heteroatoms. The second-order valence-electron chi connectivity index (χ2n) is 8.19. The van der Waals surface area contributed by atoms with E-state index in [1.807, 2.05) is 38.1 Å². The molecule has 0 saturated heterocycles. The molecule has 2 atom stereocenters. The van der Waals surface area contributed by atoms with Crippen LogP contribution in [0.4, 0.5) is 0 Å². The van der Waals surface area contributed by atoms with Crippen LogP contribution in [0.5, 0.6) is 11.5 Å². The van der Waals surface area contributed by atoms with Gasteiger partial charge in [-0.1, -0.05) is 25.1 Å². The number of para-hydroxylation sites is 1. The van der Waals surface area contributed by atoms with E-state index < -0.39 is 0 Å². The Morgan fingerprint density at radius 3 is 2.85 bits per heavy atom. The fourth-order valence-electron chi connectivity index (χ4n) is 4.19. The molecular weight excluding hydrogens is 420 g/mol. The van der Waals surface area contributed by atoms with Gasteiger partial charge in [-0.2, -0.15) is 0 Å². The maximum Gasteiger partial charge on any atom is 0.251 e. The molecular formula is C25H30N4O4. The average Bonchev–Trinajstić information content (AvgIpc) is 2.82. The number of carbonyl (C=O) groups is 2. The normalized spacial score (nSPS) is 19.9. The van der Waals surface area contributed by atoms with Gasteiger partial charge in [0.15, 0.2) is 5.96 Å². The lowest BCUT2D eigenvalue weighted by Gasteiger charge is -2.29. The number of benzene rings is 2. The van der Waals surface area contributed by atoms with E-state index in [0.717, 1.165) is 17.7 Å². The lowest BCUT2D eigenvalue weighted by molar-refractivity contribution is -0.128. The summed E-state index contributed by atoms with van der Waals surface area (Å²) in [4.78, 5) is 31.7. The number of aliphatic imine (C=N–C) groups is 1. The maximum atomic E-state index is 13.1. The number of nitrogens with one attached hydrogen (secondary N) is 1. The van der Waals surface area contributed by atoms with E-state index in [9.17, 15) is 9.59 Å². The van der Waals surface area contributed by atoms with Crippen LogP contribution in [-0.4, -0.2) is 41.9 Å². The number of rotatable bonds is 7. The van der Waals surface area contributed by atoms with Crippen molar-refractivity contribution in [3.8, 4) is 11.5 Å². The molecule has 0 aliphatic carbocycles. The molecule has 2 aromatic carbocycles. The molecule has 4 rings (SSSR count). The van der Waals surface area contributed by atoms with E-state index >= 15 is 0 Å². The minimum atomic E-state index is -0.196. The molecule has 8 nitrogen and oxygen atoms in total. The first-order valence-electron chi connectivity index (χ1n) is 11.4. The van der Waals surface area contributed by atoms with Gasteiger partial charge >= 0.3 is 0 Å². The quantitative estimate of drug-likeness (QED) is 0.674. The van der Waals surface area contributed by atoms with Gasteiger partial charge in [0.05, 0.1) is 31.8 Å². The van der Waals surface area contributed by atoms with Gasteiger partial charge in [-0.25, -0.2) is 4.99 Å². The summed E-state index contributed by atoms with van der Waals surface area (Å²) in [6.45, 7) is 5.08. The Hall–Kier alpha value is -3.55. The van der Waals surface area contributed by atoms with Crippen molar-refractivity contribution in [2.24, 2.45) is 10.7 Å². The Morgan fingerprint density at radius 2 is 2.09 bits per heavy atom. The van der Waals surface area contributed by atoms with Crippen LogP contribution < -0.4 is 20.5 Å². The monoisotopic (exact) mass is 450 g/mol. The number of fused-ring (bicyclic) bond motifs is 1. The summed E-state index contributed by atoms with van der Waals surface area (Å²) in [7, 11) is 0. The van der Waals surface area contributed by atoms with Gasteiger partial charge in [0.2, 0.25) is 5.91 Å². The van der Waals surface area contributed by atoms with Crippen molar-refractivity contribution in [3.05, 3.63) is 59.2 Å². The number of nitrogens with two attached hydrogens (primary N) is 1. The highest BCUT2D eigenvalue weighted by Crippen LogP contribution is 2.32. The molecule has 33 heavy (non-hydrogen) atoms. The lowest BCUT2D eigenvalue weighted by atomic mass is 10.00. The van der Waals surface area contributed by atoms with E-state index in [2.05, 4.69) is 10.3 Å². The van der Waals surface area contributed by atoms with Gasteiger partial charge < -0.3 is 20.5 Å². The second kappa shape index (κ2) is 9.94. The van der Waals surface area contributed by atoms with Gasteiger partial charge in [0.1, 0.15) is 11.5 Å². The molecule has 3 N–H and O–H groups in total. The van der Waals surface area contributed by atoms with Gasteiger partial charge in [0.25, 0.3) is 5.91 Å². The predicted molar refractivity (Wildman–Crippen MR) is 125 cm³/mol. The minimum absolute atomic E-state index is 0.0783. The molecule has 2 aliphatic rings. The van der Waals surface area contributed by atoms with Crippen molar-refractivity contribution < 1.29 is 19.1 Å². The van der Waals surface area contributed by atoms with Crippen LogP contribution in [0.3, 0.4) is 0 Å². The number of guanidine groups is 1. The third-order valence-electron chi connectivity index (χ3n) is 5.99. The van der Waals surface area contributed by atoms with Crippen molar-refractivity contribution in [2.45, 2.75) is 51.7 Å². The topological polar surface area (TPSA) is 106 Å². The molecule has 174 valence electrons. The van der Waals surface area contributed by atoms with Gasteiger partial charge in [0, 0.05) is 29.5 Å². The van der Waals surface area contributed by atoms with Crippen LogP contribution in [0.1, 0.15) is 60.6 Å². The number of ether oxygens (including phenoxy) is 2. The summed E-state index contributed by atoms with van der Waals surface area (Å²) in [6, 6.07) is 12.8. The largest absolute Gasteiger partial charge is 0.494 e. The van der Waals surface area contributed by atoms with Crippen molar-refractivity contribution in [1.82, 2.24) is 10.2 Å². The SMILES string of the molecule is CCOc1ccc(C(=O)NC2CCOc3ccccc32)cc1CN1C(=O)CC(CC)N=C1N. The fourth-order valence-corrected chi connectivity index (χ4v) is 4.19. The smallest absolute Gasteiger partial charge is 0.251 e. The Morgan fingerprint density at radius 1 is 1.27 bits per heavy atom. The number of hydrogen-bond acceptors (Lipinski definition) is 6. The highest BCUT2D eigenvalue weighted by atomic mass is 16.5. The van der Waals surface area contributed by atoms with Crippen molar-refractivity contribution in [1.29, 1.82) is 0 Å². The van der Waals surface area contributed by atoms with Crippen LogP contribution in [-0.2, 0) is 11.3 Å². The molecule has 0 bridgehead atoms. The average molecular weight is 451 g/mol. The molecule has 0 radical (unpaired) electrons. The molecule has 0 aromatic heterocycles. The molecule has 0 spiro atoms. The predicted octanol–water partition coefficient (Wildman–Crippen LogP) is 3.16. The Labute approximate surface area is 193 Å². The summed E-state index contributed by atoms with van der Waals surface area (Å²) in [5.41, 5.74) is 8.26. The van der Waals surface area contributed by atoms with Crippen LogP contribution in [0.2, 0.25) is 0 Å². The zero-order valence-corrected chi connectivity index (χ0v) is 19.0. The Kier molecular flexibility index (Phi) is 6.82. The Bertz CT molecular complexity index is 1070. The van der Waals surface area contributed by atoms with Crippen molar-refractivity contribution in [3.63, 3.8) is 0 Å². The van der Waals surface area contributed by atoms with Crippen molar-refractivity contribution >= 4 is 17.8 Å². The lowest BCUT2D eigenvalue weighted by Crippen LogP contribution is -2.46. The first-order chi connectivity index (χ1) is 16.0. The van der Waals surface area contributed by atoms with E-state index in [1.165, 1.54) is 4.90 Å². The maximum absolute atomic E-state index is 13.1. The number of amides is 2. The second-order valence-corrected chi connectivity index (χ2v) is 8.19.